The average molecular weight is 245 g/mol. The molecule has 0 spiro atoms. The van der Waals surface area contributed by atoms with Crippen molar-refractivity contribution in [1.82, 2.24) is 0 Å². The van der Waals surface area contributed by atoms with Crippen molar-refractivity contribution in [3.8, 4) is 0 Å². The maximum atomic E-state index is 12.9. The number of hydrogen-bond acceptors (Lipinski definition) is 3. The molecule has 92 valence electrons. The van der Waals surface area contributed by atoms with Crippen molar-refractivity contribution in [1.29, 1.82) is 0 Å². The van der Waals surface area contributed by atoms with Gasteiger partial charge in [0.25, 0.3) is 0 Å². The summed E-state index contributed by atoms with van der Waals surface area (Å²) >= 11 is 0. The van der Waals surface area contributed by atoms with Gasteiger partial charge >= 0.3 is 6.18 Å². The first-order valence-corrected chi connectivity index (χ1v) is 4.86. The Morgan fingerprint density at radius 3 is 2.53 bits per heavy atom. The molecule has 1 aromatic carbocycles. The normalized spacial score (nSPS) is 16.1. The van der Waals surface area contributed by atoms with Crippen LogP contribution < -0.4 is 5.73 Å². The van der Waals surface area contributed by atoms with Crippen molar-refractivity contribution in [2.24, 2.45) is 5.73 Å². The SMILES string of the molecule is NCC(O)(c1cccc2ccoc12)C(F)(F)F. The van der Waals surface area contributed by atoms with Gasteiger partial charge in [-0.1, -0.05) is 18.2 Å². The molecule has 0 saturated heterocycles. The summed E-state index contributed by atoms with van der Waals surface area (Å²) in [5, 5.41) is 10.2. The lowest BCUT2D eigenvalue weighted by Gasteiger charge is -2.29. The second kappa shape index (κ2) is 3.75. The first kappa shape index (κ1) is 11.9. The molecule has 2 rings (SSSR count). The number of alkyl halides is 3. The van der Waals surface area contributed by atoms with E-state index in [1.165, 1.54) is 18.4 Å². The molecular weight excluding hydrogens is 235 g/mol. The van der Waals surface area contributed by atoms with Crippen LogP contribution in [0.5, 0.6) is 0 Å². The predicted octanol–water partition coefficient (Wildman–Crippen LogP) is 2.14. The summed E-state index contributed by atoms with van der Waals surface area (Å²) < 4.78 is 43.5. The van der Waals surface area contributed by atoms with E-state index in [2.05, 4.69) is 0 Å². The Labute approximate surface area is 94.6 Å². The molecule has 0 radical (unpaired) electrons. The monoisotopic (exact) mass is 245 g/mol. The molecule has 2 aromatic rings. The molecule has 0 aliphatic carbocycles. The molecule has 1 atom stereocenters. The summed E-state index contributed by atoms with van der Waals surface area (Å²) in [4.78, 5) is 0. The standard InChI is InChI=1S/C11H10F3NO2/c12-11(13,14)10(16,6-15)8-3-1-2-7-4-5-17-9(7)8/h1-5,16H,6,15H2. The number of furan rings is 1. The Morgan fingerprint density at radius 2 is 1.94 bits per heavy atom. The largest absolute Gasteiger partial charge is 0.464 e. The molecule has 6 heteroatoms. The van der Waals surface area contributed by atoms with Crippen LogP contribution in [0.1, 0.15) is 5.56 Å². The number of benzene rings is 1. The van der Waals surface area contributed by atoms with Gasteiger partial charge in [0.2, 0.25) is 5.60 Å². The van der Waals surface area contributed by atoms with Crippen LogP contribution in [0.2, 0.25) is 0 Å². The van der Waals surface area contributed by atoms with Gasteiger partial charge in [-0.25, -0.2) is 0 Å². The van der Waals surface area contributed by atoms with E-state index in [4.69, 9.17) is 10.2 Å². The van der Waals surface area contributed by atoms with Crippen molar-refractivity contribution in [2.45, 2.75) is 11.8 Å². The van der Waals surface area contributed by atoms with E-state index in [1.807, 2.05) is 0 Å². The van der Waals surface area contributed by atoms with Gasteiger partial charge in [0.15, 0.2) is 0 Å². The molecule has 0 amide bonds. The first-order valence-electron chi connectivity index (χ1n) is 4.86. The minimum atomic E-state index is -4.86. The number of halogens is 3. The van der Waals surface area contributed by atoms with Crippen molar-refractivity contribution in [2.75, 3.05) is 6.54 Å². The molecule has 1 aromatic heterocycles. The highest BCUT2D eigenvalue weighted by molar-refractivity contribution is 5.81. The Kier molecular flexibility index (Phi) is 2.63. The summed E-state index contributed by atoms with van der Waals surface area (Å²) in [6.07, 6.45) is -3.59. The number of hydrogen-bond donors (Lipinski definition) is 2. The van der Waals surface area contributed by atoms with Crippen LogP contribution in [0, 0.1) is 0 Å². The predicted molar refractivity (Wildman–Crippen MR) is 55.2 cm³/mol. The first-order chi connectivity index (χ1) is 7.90. The Hall–Kier alpha value is -1.53. The fraction of sp³-hybridized carbons (Fsp3) is 0.273. The molecule has 0 fully saturated rings. The number of nitrogens with two attached hydrogens (primary N) is 1. The zero-order chi connectivity index (χ0) is 12.7. The molecule has 3 N–H and O–H groups in total. The number of para-hydroxylation sites is 1. The number of aliphatic hydroxyl groups is 1. The van der Waals surface area contributed by atoms with Crippen LogP contribution in [-0.4, -0.2) is 17.8 Å². The van der Waals surface area contributed by atoms with Crippen LogP contribution in [0.25, 0.3) is 11.0 Å². The van der Waals surface area contributed by atoms with Gasteiger partial charge in [-0.15, -0.1) is 0 Å². The van der Waals surface area contributed by atoms with E-state index in [1.54, 1.807) is 6.07 Å². The van der Waals surface area contributed by atoms with Crippen LogP contribution in [-0.2, 0) is 5.60 Å². The van der Waals surface area contributed by atoms with Gasteiger partial charge in [0.05, 0.1) is 6.26 Å². The van der Waals surface area contributed by atoms with Crippen LogP contribution in [0.4, 0.5) is 13.2 Å². The average Bonchev–Trinajstić information content (AvgIpc) is 2.73. The number of rotatable bonds is 2. The Bertz CT molecular complexity index is 535. The highest BCUT2D eigenvalue weighted by Gasteiger charge is 2.55. The zero-order valence-electron chi connectivity index (χ0n) is 8.66. The summed E-state index contributed by atoms with van der Waals surface area (Å²) in [6, 6.07) is 5.69. The highest BCUT2D eigenvalue weighted by Crippen LogP contribution is 2.41. The molecule has 3 nitrogen and oxygen atoms in total. The second-order valence-electron chi connectivity index (χ2n) is 3.71. The maximum Gasteiger partial charge on any atom is 0.422 e. The Balaban J connectivity index is 2.70. The van der Waals surface area contributed by atoms with Crippen molar-refractivity contribution < 1.29 is 22.7 Å². The van der Waals surface area contributed by atoms with Gasteiger partial charge in [0.1, 0.15) is 5.58 Å². The molecule has 0 saturated carbocycles. The third-order valence-corrected chi connectivity index (χ3v) is 2.69. The van der Waals surface area contributed by atoms with Gasteiger partial charge in [-0.3, -0.25) is 0 Å². The van der Waals surface area contributed by atoms with E-state index in [0.717, 1.165) is 6.07 Å². The summed E-state index contributed by atoms with van der Waals surface area (Å²) in [5.41, 5.74) is 1.61. The van der Waals surface area contributed by atoms with Crippen LogP contribution in [0.3, 0.4) is 0 Å². The fourth-order valence-electron chi connectivity index (χ4n) is 1.70. The van der Waals surface area contributed by atoms with Crippen LogP contribution >= 0.6 is 0 Å². The van der Waals surface area contributed by atoms with E-state index >= 15 is 0 Å². The van der Waals surface area contributed by atoms with Crippen molar-refractivity contribution >= 4 is 11.0 Å². The topological polar surface area (TPSA) is 59.4 Å². The number of fused-ring (bicyclic) bond motifs is 1. The van der Waals surface area contributed by atoms with E-state index in [0.29, 0.717) is 5.39 Å². The van der Waals surface area contributed by atoms with E-state index < -0.39 is 18.3 Å². The van der Waals surface area contributed by atoms with E-state index in [-0.39, 0.29) is 11.1 Å². The molecule has 1 heterocycles. The summed E-state index contributed by atoms with van der Waals surface area (Å²) in [5.74, 6) is 0. The molecular formula is C11H10F3NO2. The third kappa shape index (κ3) is 1.69. The van der Waals surface area contributed by atoms with Gasteiger partial charge in [0, 0.05) is 17.5 Å². The molecule has 17 heavy (non-hydrogen) atoms. The smallest absolute Gasteiger partial charge is 0.422 e. The lowest BCUT2D eigenvalue weighted by molar-refractivity contribution is -0.261. The summed E-state index contributed by atoms with van der Waals surface area (Å²) in [7, 11) is 0. The van der Waals surface area contributed by atoms with Crippen molar-refractivity contribution in [3.05, 3.63) is 36.1 Å². The lowest BCUT2D eigenvalue weighted by Crippen LogP contribution is -2.48. The molecule has 0 aliphatic heterocycles. The van der Waals surface area contributed by atoms with E-state index in [9.17, 15) is 18.3 Å². The van der Waals surface area contributed by atoms with Gasteiger partial charge < -0.3 is 15.3 Å². The van der Waals surface area contributed by atoms with Crippen LogP contribution in [0.15, 0.2) is 34.9 Å². The molecule has 0 bridgehead atoms. The highest BCUT2D eigenvalue weighted by atomic mass is 19.4. The minimum Gasteiger partial charge on any atom is -0.464 e. The maximum absolute atomic E-state index is 12.9. The fourth-order valence-corrected chi connectivity index (χ4v) is 1.70. The van der Waals surface area contributed by atoms with Gasteiger partial charge in [-0.05, 0) is 6.07 Å². The Morgan fingerprint density at radius 1 is 1.24 bits per heavy atom. The molecule has 1 unspecified atom stereocenters. The van der Waals surface area contributed by atoms with Crippen molar-refractivity contribution in [3.63, 3.8) is 0 Å². The minimum absolute atomic E-state index is 0.00206. The molecule has 0 aliphatic rings. The summed E-state index contributed by atoms with van der Waals surface area (Å²) in [6.45, 7) is -0.962. The zero-order valence-corrected chi connectivity index (χ0v) is 8.66. The lowest BCUT2D eigenvalue weighted by atomic mass is 9.92. The quantitative estimate of drug-likeness (QED) is 0.852. The third-order valence-electron chi connectivity index (χ3n) is 2.69. The van der Waals surface area contributed by atoms with Gasteiger partial charge in [-0.2, -0.15) is 13.2 Å². The second-order valence-corrected chi connectivity index (χ2v) is 3.71.